The molecule has 124 valence electrons. The van der Waals surface area contributed by atoms with Crippen molar-refractivity contribution in [1.82, 2.24) is 14.9 Å². The molecule has 0 spiro atoms. The number of rotatable bonds is 7. The monoisotopic (exact) mass is 336 g/mol. The summed E-state index contributed by atoms with van der Waals surface area (Å²) in [6, 6.07) is 0. The van der Waals surface area contributed by atoms with Crippen LogP contribution in [0.15, 0.2) is 4.99 Å². The Bertz CT molecular complexity index is 449. The molecular weight excluding hydrogens is 308 g/mol. The van der Waals surface area contributed by atoms with Gasteiger partial charge in [-0.2, -0.15) is 11.8 Å². The van der Waals surface area contributed by atoms with Crippen molar-refractivity contribution in [3.63, 3.8) is 0 Å². The van der Waals surface area contributed by atoms with Crippen LogP contribution in [0.5, 0.6) is 0 Å². The van der Waals surface area contributed by atoms with Crippen molar-refractivity contribution in [3.05, 3.63) is 0 Å². The van der Waals surface area contributed by atoms with Crippen LogP contribution in [0.25, 0.3) is 0 Å². The Morgan fingerprint density at radius 2 is 2.10 bits per heavy atom. The molecule has 0 aromatic carbocycles. The third-order valence-electron chi connectivity index (χ3n) is 3.37. The van der Waals surface area contributed by atoms with Gasteiger partial charge in [0.1, 0.15) is 0 Å². The predicted octanol–water partition coefficient (Wildman–Crippen LogP) is 0.719. The zero-order chi connectivity index (χ0) is 15.9. The van der Waals surface area contributed by atoms with Crippen molar-refractivity contribution in [3.8, 4) is 0 Å². The minimum absolute atomic E-state index is 0.0979. The lowest BCUT2D eigenvalue weighted by Crippen LogP contribution is -2.42. The molecule has 0 atom stereocenters. The molecule has 0 radical (unpaired) electrons. The summed E-state index contributed by atoms with van der Waals surface area (Å²) in [6.07, 6.45) is 2.81. The summed E-state index contributed by atoms with van der Waals surface area (Å²) >= 11 is 1.78. The van der Waals surface area contributed by atoms with Gasteiger partial charge in [-0.05, 0) is 33.4 Å². The highest BCUT2D eigenvalue weighted by Crippen LogP contribution is 2.20. The summed E-state index contributed by atoms with van der Waals surface area (Å²) in [4.78, 5) is 4.56. The van der Waals surface area contributed by atoms with Gasteiger partial charge in [0, 0.05) is 30.9 Å². The molecule has 1 saturated heterocycles. The Morgan fingerprint density at radius 3 is 2.62 bits per heavy atom. The molecule has 6 nitrogen and oxygen atoms in total. The Kier molecular flexibility index (Phi) is 7.29. The number of nitrogens with zero attached hydrogens (tertiary/aromatic N) is 2. The molecule has 1 aliphatic heterocycles. The molecule has 0 amide bonds. The summed E-state index contributed by atoms with van der Waals surface area (Å²) in [7, 11) is -3.01. The molecule has 2 N–H and O–H groups in total. The Balaban J connectivity index is 2.46. The maximum Gasteiger partial charge on any atom is 0.214 e. The quantitative estimate of drug-likeness (QED) is 0.529. The van der Waals surface area contributed by atoms with Crippen molar-refractivity contribution in [2.45, 2.75) is 31.9 Å². The van der Waals surface area contributed by atoms with Gasteiger partial charge in [-0.3, -0.25) is 4.99 Å². The van der Waals surface area contributed by atoms with Gasteiger partial charge >= 0.3 is 0 Å². The first-order valence-electron chi connectivity index (χ1n) is 7.36. The lowest BCUT2D eigenvalue weighted by molar-refractivity contribution is 0.445. The van der Waals surface area contributed by atoms with Crippen LogP contribution in [-0.4, -0.2) is 68.2 Å². The SMILES string of the molecule is CCNC(=NCC(C)(C)SC)NCCN1CCCS1(=O)=O. The fourth-order valence-corrected chi connectivity index (χ4v) is 3.64. The molecule has 0 aliphatic carbocycles. The molecule has 0 aromatic rings. The molecule has 0 saturated carbocycles. The second-order valence-electron chi connectivity index (χ2n) is 5.65. The van der Waals surface area contributed by atoms with Crippen LogP contribution < -0.4 is 10.6 Å². The van der Waals surface area contributed by atoms with E-state index >= 15 is 0 Å². The summed E-state index contributed by atoms with van der Waals surface area (Å²) in [5, 5.41) is 6.39. The minimum Gasteiger partial charge on any atom is -0.357 e. The number of hydrogen-bond donors (Lipinski definition) is 2. The number of nitrogens with one attached hydrogen (secondary N) is 2. The molecule has 1 rings (SSSR count). The maximum atomic E-state index is 11.7. The van der Waals surface area contributed by atoms with Gasteiger partial charge in [0.05, 0.1) is 12.3 Å². The highest BCUT2D eigenvalue weighted by molar-refractivity contribution is 7.99. The number of thioether (sulfide) groups is 1. The molecule has 0 aromatic heterocycles. The van der Waals surface area contributed by atoms with Crippen molar-refractivity contribution in [2.75, 3.05) is 44.7 Å². The second kappa shape index (κ2) is 8.24. The first kappa shape index (κ1) is 18.6. The zero-order valence-electron chi connectivity index (χ0n) is 13.5. The highest BCUT2D eigenvalue weighted by atomic mass is 32.2. The summed E-state index contributed by atoms with van der Waals surface area (Å²) < 4.78 is 25.1. The van der Waals surface area contributed by atoms with Crippen molar-refractivity contribution < 1.29 is 8.42 Å². The van der Waals surface area contributed by atoms with E-state index in [9.17, 15) is 8.42 Å². The lowest BCUT2D eigenvalue weighted by atomic mass is 10.2. The van der Waals surface area contributed by atoms with Crippen LogP contribution in [0.4, 0.5) is 0 Å². The van der Waals surface area contributed by atoms with Crippen molar-refractivity contribution in [1.29, 1.82) is 0 Å². The Morgan fingerprint density at radius 1 is 1.38 bits per heavy atom. The van der Waals surface area contributed by atoms with E-state index in [2.05, 4.69) is 35.7 Å². The minimum atomic E-state index is -3.01. The van der Waals surface area contributed by atoms with E-state index in [4.69, 9.17) is 0 Å². The summed E-state index contributed by atoms with van der Waals surface area (Å²) in [5.74, 6) is 1.03. The number of hydrogen-bond acceptors (Lipinski definition) is 4. The highest BCUT2D eigenvalue weighted by Gasteiger charge is 2.27. The van der Waals surface area contributed by atoms with Crippen LogP contribution in [0.3, 0.4) is 0 Å². The summed E-state index contributed by atoms with van der Waals surface area (Å²) in [5.41, 5.74) is 0. The zero-order valence-corrected chi connectivity index (χ0v) is 15.1. The van der Waals surface area contributed by atoms with E-state index < -0.39 is 10.0 Å². The third kappa shape index (κ3) is 6.44. The van der Waals surface area contributed by atoms with Crippen molar-refractivity contribution in [2.24, 2.45) is 4.99 Å². The van der Waals surface area contributed by atoms with Gasteiger partial charge in [-0.25, -0.2) is 12.7 Å². The maximum absolute atomic E-state index is 11.7. The van der Waals surface area contributed by atoms with E-state index in [1.165, 1.54) is 0 Å². The average molecular weight is 337 g/mol. The van der Waals surface area contributed by atoms with E-state index in [1.54, 1.807) is 16.1 Å². The Labute approximate surface area is 133 Å². The Hall–Kier alpha value is -0.470. The van der Waals surface area contributed by atoms with Gasteiger partial charge in [0.25, 0.3) is 0 Å². The molecular formula is C13H28N4O2S2. The normalized spacial score (nSPS) is 19.7. The second-order valence-corrected chi connectivity index (χ2v) is 9.26. The fraction of sp³-hybridized carbons (Fsp3) is 0.923. The van der Waals surface area contributed by atoms with E-state index in [0.29, 0.717) is 26.2 Å². The molecule has 21 heavy (non-hydrogen) atoms. The number of aliphatic imine (C=N–C) groups is 1. The molecule has 1 heterocycles. The fourth-order valence-electron chi connectivity index (χ4n) is 1.92. The molecule has 1 aliphatic rings. The van der Waals surface area contributed by atoms with Gasteiger partial charge < -0.3 is 10.6 Å². The van der Waals surface area contributed by atoms with Crippen LogP contribution in [0.1, 0.15) is 27.2 Å². The molecule has 1 fully saturated rings. The average Bonchev–Trinajstić information content (AvgIpc) is 2.75. The van der Waals surface area contributed by atoms with E-state index in [0.717, 1.165) is 18.9 Å². The molecule has 0 unspecified atom stereocenters. The lowest BCUT2D eigenvalue weighted by Gasteiger charge is -2.21. The first-order chi connectivity index (χ1) is 9.80. The van der Waals surface area contributed by atoms with Gasteiger partial charge in [0.2, 0.25) is 10.0 Å². The topological polar surface area (TPSA) is 73.8 Å². The third-order valence-corrected chi connectivity index (χ3v) is 6.56. The standard InChI is InChI=1S/C13H28N4O2S2/c1-5-14-12(16-11-13(2,3)20-4)15-7-9-17-8-6-10-21(17,18)19/h5-11H2,1-4H3,(H2,14,15,16). The van der Waals surface area contributed by atoms with E-state index in [-0.39, 0.29) is 10.5 Å². The van der Waals surface area contributed by atoms with Crippen LogP contribution in [-0.2, 0) is 10.0 Å². The number of sulfonamides is 1. The molecule has 0 bridgehead atoms. The predicted molar refractivity (Wildman–Crippen MR) is 91.6 cm³/mol. The smallest absolute Gasteiger partial charge is 0.214 e. The first-order valence-corrected chi connectivity index (χ1v) is 10.2. The number of guanidine groups is 1. The largest absolute Gasteiger partial charge is 0.357 e. The summed E-state index contributed by atoms with van der Waals surface area (Å²) in [6.45, 7) is 9.53. The molecule has 8 heteroatoms. The van der Waals surface area contributed by atoms with Crippen molar-refractivity contribution >= 4 is 27.7 Å². The van der Waals surface area contributed by atoms with E-state index in [1.807, 2.05) is 6.92 Å². The van der Waals surface area contributed by atoms with Crippen LogP contribution >= 0.6 is 11.8 Å². The van der Waals surface area contributed by atoms with Crippen LogP contribution in [0, 0.1) is 0 Å². The van der Waals surface area contributed by atoms with Gasteiger partial charge in [0.15, 0.2) is 5.96 Å². The van der Waals surface area contributed by atoms with Gasteiger partial charge in [-0.1, -0.05) is 0 Å². The van der Waals surface area contributed by atoms with Crippen LogP contribution in [0.2, 0.25) is 0 Å². The van der Waals surface area contributed by atoms with Gasteiger partial charge in [-0.15, -0.1) is 0 Å².